The molecule has 9 nitrogen and oxygen atoms in total. The summed E-state index contributed by atoms with van der Waals surface area (Å²) in [4.78, 5) is 25.9. The number of amides is 3. The molecule has 0 radical (unpaired) electrons. The lowest BCUT2D eigenvalue weighted by Crippen LogP contribution is -2.53. The standard InChI is InChI=1S/C12H19N7O2/c1-9-15-16-17-19(9)8-2-7-18-10(20)12(14-11(18)21)3-5-13-6-4-12/h13H,2-8H2,1H3,(H,14,21). The minimum Gasteiger partial charge on any atom is -0.323 e. The van der Waals surface area contributed by atoms with Gasteiger partial charge in [-0.3, -0.25) is 9.69 Å². The quantitative estimate of drug-likeness (QED) is 0.693. The first kappa shape index (κ1) is 13.9. The molecule has 3 amide bonds. The van der Waals surface area contributed by atoms with Gasteiger partial charge in [-0.2, -0.15) is 0 Å². The van der Waals surface area contributed by atoms with Gasteiger partial charge in [0.25, 0.3) is 5.91 Å². The maximum absolute atomic E-state index is 12.5. The van der Waals surface area contributed by atoms with E-state index in [1.165, 1.54) is 4.90 Å². The van der Waals surface area contributed by atoms with Gasteiger partial charge in [-0.05, 0) is 49.7 Å². The number of nitrogens with zero attached hydrogens (tertiary/aromatic N) is 5. The van der Waals surface area contributed by atoms with E-state index in [1.807, 2.05) is 6.92 Å². The Balaban J connectivity index is 1.59. The van der Waals surface area contributed by atoms with Gasteiger partial charge in [-0.1, -0.05) is 0 Å². The van der Waals surface area contributed by atoms with Gasteiger partial charge in [-0.15, -0.1) is 5.10 Å². The maximum Gasteiger partial charge on any atom is 0.325 e. The molecule has 3 rings (SSSR count). The number of urea groups is 1. The summed E-state index contributed by atoms with van der Waals surface area (Å²) in [5.74, 6) is 0.629. The second-order valence-electron chi connectivity index (χ2n) is 5.52. The smallest absolute Gasteiger partial charge is 0.323 e. The molecule has 1 aromatic heterocycles. The minimum atomic E-state index is -0.687. The molecule has 9 heteroatoms. The lowest BCUT2D eigenvalue weighted by molar-refractivity contribution is -0.132. The number of rotatable bonds is 4. The monoisotopic (exact) mass is 293 g/mol. The number of tetrazole rings is 1. The minimum absolute atomic E-state index is 0.0950. The van der Waals surface area contributed by atoms with Crippen molar-refractivity contribution in [1.29, 1.82) is 0 Å². The zero-order valence-corrected chi connectivity index (χ0v) is 12.0. The van der Waals surface area contributed by atoms with E-state index in [-0.39, 0.29) is 11.9 Å². The Hall–Kier alpha value is -2.03. The fourth-order valence-electron chi connectivity index (χ4n) is 2.91. The number of piperidine rings is 1. The Morgan fingerprint density at radius 2 is 2.00 bits per heavy atom. The Morgan fingerprint density at radius 1 is 1.24 bits per heavy atom. The predicted molar refractivity (Wildman–Crippen MR) is 72.3 cm³/mol. The molecule has 0 aliphatic carbocycles. The molecular formula is C12H19N7O2. The number of nitrogens with one attached hydrogen (secondary N) is 2. The van der Waals surface area contributed by atoms with Gasteiger partial charge in [0.2, 0.25) is 0 Å². The molecule has 1 aromatic rings. The van der Waals surface area contributed by atoms with Crippen molar-refractivity contribution in [1.82, 2.24) is 35.7 Å². The fourth-order valence-corrected chi connectivity index (χ4v) is 2.91. The summed E-state index contributed by atoms with van der Waals surface area (Å²) in [7, 11) is 0. The highest BCUT2D eigenvalue weighted by Gasteiger charge is 2.50. The molecule has 2 aliphatic heterocycles. The van der Waals surface area contributed by atoms with Crippen LogP contribution < -0.4 is 10.6 Å². The van der Waals surface area contributed by atoms with Gasteiger partial charge in [0.15, 0.2) is 0 Å². The van der Waals surface area contributed by atoms with E-state index in [0.29, 0.717) is 32.4 Å². The number of carbonyl (C=O) groups is 2. The van der Waals surface area contributed by atoms with Crippen molar-refractivity contribution in [3.05, 3.63) is 5.82 Å². The van der Waals surface area contributed by atoms with Crippen molar-refractivity contribution in [2.45, 2.75) is 38.3 Å². The van der Waals surface area contributed by atoms with Gasteiger partial charge in [0, 0.05) is 13.1 Å². The van der Waals surface area contributed by atoms with Crippen molar-refractivity contribution < 1.29 is 9.59 Å². The first-order valence-electron chi connectivity index (χ1n) is 7.20. The van der Waals surface area contributed by atoms with Crippen LogP contribution in [0.25, 0.3) is 0 Å². The first-order valence-corrected chi connectivity index (χ1v) is 7.20. The van der Waals surface area contributed by atoms with E-state index in [2.05, 4.69) is 26.2 Å². The summed E-state index contributed by atoms with van der Waals surface area (Å²) >= 11 is 0. The summed E-state index contributed by atoms with van der Waals surface area (Å²) in [6.07, 6.45) is 1.94. The van der Waals surface area contributed by atoms with Crippen LogP contribution in [0.1, 0.15) is 25.1 Å². The van der Waals surface area contributed by atoms with Crippen molar-refractivity contribution in [3.8, 4) is 0 Å². The van der Waals surface area contributed by atoms with Crippen molar-refractivity contribution in [2.75, 3.05) is 19.6 Å². The van der Waals surface area contributed by atoms with Gasteiger partial charge < -0.3 is 10.6 Å². The molecule has 3 heterocycles. The van der Waals surface area contributed by atoms with E-state index >= 15 is 0 Å². The topological polar surface area (TPSA) is 105 Å². The number of aryl methyl sites for hydroxylation is 2. The highest BCUT2D eigenvalue weighted by Crippen LogP contribution is 2.26. The third-order valence-electron chi connectivity index (χ3n) is 4.17. The summed E-state index contributed by atoms with van der Waals surface area (Å²) < 4.78 is 1.67. The van der Waals surface area contributed by atoms with Crippen LogP contribution in [0.3, 0.4) is 0 Å². The largest absolute Gasteiger partial charge is 0.325 e. The van der Waals surface area contributed by atoms with E-state index in [4.69, 9.17) is 0 Å². The zero-order valence-electron chi connectivity index (χ0n) is 12.0. The first-order chi connectivity index (χ1) is 10.1. The maximum atomic E-state index is 12.5. The number of aromatic nitrogens is 4. The molecule has 0 aromatic carbocycles. The predicted octanol–water partition coefficient (Wildman–Crippen LogP) is -0.954. The van der Waals surface area contributed by atoms with Gasteiger partial charge in [0.05, 0.1) is 0 Å². The highest BCUT2D eigenvalue weighted by molar-refractivity contribution is 6.07. The lowest BCUT2D eigenvalue weighted by Gasteiger charge is -2.31. The van der Waals surface area contributed by atoms with Crippen molar-refractivity contribution in [2.24, 2.45) is 0 Å². The Morgan fingerprint density at radius 3 is 2.67 bits per heavy atom. The van der Waals surface area contributed by atoms with E-state index in [0.717, 1.165) is 18.9 Å². The average Bonchev–Trinajstić information content (AvgIpc) is 2.97. The summed E-state index contributed by atoms with van der Waals surface area (Å²) in [5, 5.41) is 17.3. The molecule has 2 fully saturated rings. The third kappa shape index (κ3) is 2.48. The van der Waals surface area contributed by atoms with E-state index < -0.39 is 5.54 Å². The molecule has 21 heavy (non-hydrogen) atoms. The molecule has 0 unspecified atom stereocenters. The van der Waals surface area contributed by atoms with Gasteiger partial charge in [0.1, 0.15) is 11.4 Å². The van der Waals surface area contributed by atoms with Crippen LogP contribution in [0.15, 0.2) is 0 Å². The van der Waals surface area contributed by atoms with E-state index in [9.17, 15) is 9.59 Å². The fraction of sp³-hybridized carbons (Fsp3) is 0.750. The molecular weight excluding hydrogens is 274 g/mol. The normalized spacial score (nSPS) is 21.1. The van der Waals surface area contributed by atoms with Crippen LogP contribution in [0, 0.1) is 6.92 Å². The number of hydrogen-bond acceptors (Lipinski definition) is 6. The van der Waals surface area contributed by atoms with Crippen LogP contribution in [0.2, 0.25) is 0 Å². The molecule has 0 bridgehead atoms. The SMILES string of the molecule is Cc1nnnn1CCCN1C(=O)NC2(CCNCC2)C1=O. The van der Waals surface area contributed by atoms with Crippen molar-refractivity contribution >= 4 is 11.9 Å². The zero-order chi connectivity index (χ0) is 14.9. The highest BCUT2D eigenvalue weighted by atomic mass is 16.2. The average molecular weight is 293 g/mol. The van der Waals surface area contributed by atoms with E-state index in [1.54, 1.807) is 4.68 Å². The van der Waals surface area contributed by atoms with Gasteiger partial charge in [-0.25, -0.2) is 9.48 Å². The molecule has 114 valence electrons. The van der Waals surface area contributed by atoms with Crippen LogP contribution in [0.4, 0.5) is 4.79 Å². The molecule has 2 aliphatic rings. The lowest BCUT2D eigenvalue weighted by atomic mass is 9.88. The molecule has 2 N–H and O–H groups in total. The molecule has 1 spiro atoms. The molecule has 2 saturated heterocycles. The second kappa shape index (κ2) is 5.40. The van der Waals surface area contributed by atoms with Crippen LogP contribution in [0.5, 0.6) is 0 Å². The van der Waals surface area contributed by atoms with Crippen molar-refractivity contribution in [3.63, 3.8) is 0 Å². The second-order valence-corrected chi connectivity index (χ2v) is 5.52. The Kier molecular flexibility index (Phi) is 3.58. The molecule has 0 atom stereocenters. The van der Waals surface area contributed by atoms with Crippen LogP contribution >= 0.6 is 0 Å². The molecule has 0 saturated carbocycles. The summed E-state index contributed by atoms with van der Waals surface area (Å²) in [5.41, 5.74) is -0.687. The Bertz CT molecular complexity index is 550. The van der Waals surface area contributed by atoms with Crippen LogP contribution in [-0.2, 0) is 11.3 Å². The number of hydrogen-bond donors (Lipinski definition) is 2. The Labute approximate surface area is 122 Å². The third-order valence-corrected chi connectivity index (χ3v) is 4.17. The van der Waals surface area contributed by atoms with Gasteiger partial charge >= 0.3 is 6.03 Å². The summed E-state index contributed by atoms with van der Waals surface area (Å²) in [6.45, 7) is 4.30. The number of carbonyl (C=O) groups excluding carboxylic acids is 2. The number of imide groups is 1. The van der Waals surface area contributed by atoms with Crippen LogP contribution in [-0.4, -0.2) is 62.2 Å². The summed E-state index contributed by atoms with van der Waals surface area (Å²) in [6, 6.07) is -0.282.